The molecule has 0 amide bonds. The lowest BCUT2D eigenvalue weighted by Crippen LogP contribution is -1.94. The number of aromatic nitrogens is 1. The molecule has 0 fully saturated rings. The Bertz CT molecular complexity index is 1210. The molecule has 28 heavy (non-hydrogen) atoms. The van der Waals surface area contributed by atoms with Gasteiger partial charge in [0.05, 0.1) is 16.1 Å². The van der Waals surface area contributed by atoms with E-state index in [2.05, 4.69) is 120 Å². The smallest absolute Gasteiger partial charge is 0.0853 e. The van der Waals surface area contributed by atoms with Crippen LogP contribution in [0.4, 0.5) is 0 Å². The molecule has 0 aliphatic heterocycles. The lowest BCUT2D eigenvalue weighted by Gasteiger charge is -2.13. The minimum atomic E-state index is 1.19. The van der Waals surface area contributed by atoms with Crippen molar-refractivity contribution in [3.8, 4) is 0 Å². The van der Waals surface area contributed by atoms with Crippen LogP contribution in [0.25, 0.3) is 32.9 Å². The predicted octanol–water partition coefficient (Wildman–Crippen LogP) is 7.54. The molecular formula is C26H19NS. The average molecular weight is 378 g/mol. The van der Waals surface area contributed by atoms with Gasteiger partial charge in [-0.3, -0.25) is 0 Å². The van der Waals surface area contributed by atoms with Gasteiger partial charge in [-0.2, -0.15) is 0 Å². The number of fused-ring (bicyclic) bond motifs is 3. The summed E-state index contributed by atoms with van der Waals surface area (Å²) < 4.78 is 2.38. The molecule has 0 spiro atoms. The first kappa shape index (κ1) is 16.9. The van der Waals surface area contributed by atoms with Crippen molar-refractivity contribution in [3.63, 3.8) is 0 Å². The number of nitrogens with zero attached hydrogens (tertiary/aromatic N) is 1. The molecule has 2 heteroatoms. The minimum absolute atomic E-state index is 1.19. The second-order valence-electron chi connectivity index (χ2n) is 6.68. The zero-order valence-electron chi connectivity index (χ0n) is 15.3. The average Bonchev–Trinajstić information content (AvgIpc) is 3.09. The van der Waals surface area contributed by atoms with Crippen molar-refractivity contribution in [3.05, 3.63) is 115 Å². The summed E-state index contributed by atoms with van der Waals surface area (Å²) in [6.07, 6.45) is 2.27. The maximum absolute atomic E-state index is 2.38. The van der Waals surface area contributed by atoms with Crippen molar-refractivity contribution in [2.75, 3.05) is 0 Å². The Labute approximate surface area is 168 Å². The molecule has 0 bridgehead atoms. The first-order valence-electron chi connectivity index (χ1n) is 9.38. The van der Waals surface area contributed by atoms with E-state index in [1.165, 1.54) is 37.3 Å². The van der Waals surface area contributed by atoms with Gasteiger partial charge in [-0.15, -0.1) is 0 Å². The van der Waals surface area contributed by atoms with Crippen LogP contribution in [0.5, 0.6) is 0 Å². The summed E-state index contributed by atoms with van der Waals surface area (Å²) >= 11 is 1.80. The van der Waals surface area contributed by atoms with Gasteiger partial charge in [-0.1, -0.05) is 96.7 Å². The van der Waals surface area contributed by atoms with E-state index in [1.807, 2.05) is 0 Å². The highest BCUT2D eigenvalue weighted by Gasteiger charge is 2.14. The van der Waals surface area contributed by atoms with Crippen molar-refractivity contribution < 1.29 is 0 Å². The van der Waals surface area contributed by atoms with Gasteiger partial charge in [0.2, 0.25) is 0 Å². The molecule has 0 unspecified atom stereocenters. The minimum Gasteiger partial charge on any atom is -0.303 e. The van der Waals surface area contributed by atoms with Crippen LogP contribution in [0.1, 0.15) is 5.56 Å². The Morgan fingerprint density at radius 1 is 0.571 bits per heavy atom. The van der Waals surface area contributed by atoms with Crippen LogP contribution >= 0.6 is 11.8 Å². The number of para-hydroxylation sites is 2. The lowest BCUT2D eigenvalue weighted by atomic mass is 10.2. The summed E-state index contributed by atoms with van der Waals surface area (Å²) in [7, 11) is 0. The number of hydrogen-bond donors (Lipinski definition) is 0. The van der Waals surface area contributed by atoms with Crippen LogP contribution in [-0.2, 0) is 0 Å². The van der Waals surface area contributed by atoms with E-state index in [4.69, 9.17) is 0 Å². The van der Waals surface area contributed by atoms with E-state index in [0.29, 0.717) is 0 Å². The molecule has 0 atom stereocenters. The zero-order valence-corrected chi connectivity index (χ0v) is 16.1. The first-order chi connectivity index (χ1) is 13.9. The van der Waals surface area contributed by atoms with E-state index >= 15 is 0 Å². The van der Waals surface area contributed by atoms with Crippen molar-refractivity contribution in [2.24, 2.45) is 0 Å². The van der Waals surface area contributed by atoms with E-state index in [1.54, 1.807) is 11.8 Å². The van der Waals surface area contributed by atoms with Gasteiger partial charge in [-0.25, -0.2) is 0 Å². The summed E-state index contributed by atoms with van der Waals surface area (Å²) in [5, 5.41) is 3.76. The van der Waals surface area contributed by atoms with E-state index in [-0.39, 0.29) is 0 Å². The van der Waals surface area contributed by atoms with Gasteiger partial charge in [0.25, 0.3) is 0 Å². The lowest BCUT2D eigenvalue weighted by molar-refractivity contribution is 1.28. The summed E-state index contributed by atoms with van der Waals surface area (Å²) in [6.45, 7) is 0. The van der Waals surface area contributed by atoms with Crippen molar-refractivity contribution >= 4 is 44.7 Å². The van der Waals surface area contributed by atoms with Crippen LogP contribution < -0.4 is 0 Å². The van der Waals surface area contributed by atoms with E-state index in [0.717, 1.165) is 0 Å². The summed E-state index contributed by atoms with van der Waals surface area (Å²) in [6, 6.07) is 38.4. The molecule has 0 aliphatic carbocycles. The number of benzene rings is 4. The van der Waals surface area contributed by atoms with Crippen LogP contribution in [0.15, 0.2) is 114 Å². The molecule has 0 saturated carbocycles. The quantitative estimate of drug-likeness (QED) is 0.293. The van der Waals surface area contributed by atoms with Gasteiger partial charge in [-0.05, 0) is 35.9 Å². The molecular weight excluding hydrogens is 358 g/mol. The Morgan fingerprint density at radius 3 is 1.68 bits per heavy atom. The Hall–Kier alpha value is -3.23. The molecule has 4 aromatic carbocycles. The second-order valence-corrected chi connectivity index (χ2v) is 7.77. The molecule has 1 aromatic heterocycles. The Balaban J connectivity index is 1.78. The molecule has 0 N–H and O–H groups in total. The fourth-order valence-corrected chi connectivity index (χ4v) is 4.62. The maximum Gasteiger partial charge on any atom is 0.0853 e. The van der Waals surface area contributed by atoms with Gasteiger partial charge in [0, 0.05) is 15.7 Å². The molecule has 134 valence electrons. The summed E-state index contributed by atoms with van der Waals surface area (Å²) in [5.74, 6) is 0. The van der Waals surface area contributed by atoms with Gasteiger partial charge in [0.15, 0.2) is 0 Å². The Kier molecular flexibility index (Phi) is 4.48. The van der Waals surface area contributed by atoms with Crippen LogP contribution in [0.3, 0.4) is 0 Å². The van der Waals surface area contributed by atoms with Gasteiger partial charge in [0.1, 0.15) is 0 Å². The van der Waals surface area contributed by atoms with Crippen molar-refractivity contribution in [1.82, 2.24) is 4.57 Å². The fraction of sp³-hybridized carbons (Fsp3) is 0. The second kappa shape index (κ2) is 7.41. The first-order valence-corrected chi connectivity index (χ1v) is 10.2. The molecule has 1 nitrogen and oxygen atoms in total. The normalized spacial score (nSPS) is 11.9. The molecule has 5 aromatic rings. The monoisotopic (exact) mass is 377 g/mol. The summed E-state index contributed by atoms with van der Waals surface area (Å²) in [4.78, 5) is 1.23. The fourth-order valence-electron chi connectivity index (χ4n) is 3.60. The highest BCUT2D eigenvalue weighted by molar-refractivity contribution is 8.08. The SMILES string of the molecule is C(=C(Sc1ccccc1)n1c2ccccc2c2ccccc21)c1ccccc1. The molecule has 0 radical (unpaired) electrons. The third-order valence-corrected chi connectivity index (χ3v) is 5.87. The van der Waals surface area contributed by atoms with Crippen molar-refractivity contribution in [1.29, 1.82) is 0 Å². The highest BCUT2D eigenvalue weighted by atomic mass is 32.2. The third kappa shape index (κ3) is 3.12. The highest BCUT2D eigenvalue weighted by Crippen LogP contribution is 2.39. The van der Waals surface area contributed by atoms with Crippen molar-refractivity contribution in [2.45, 2.75) is 4.90 Å². The maximum atomic E-state index is 2.38. The van der Waals surface area contributed by atoms with Crippen LogP contribution in [-0.4, -0.2) is 4.57 Å². The van der Waals surface area contributed by atoms with Crippen LogP contribution in [0, 0.1) is 0 Å². The molecule has 0 saturated heterocycles. The van der Waals surface area contributed by atoms with E-state index in [9.17, 15) is 0 Å². The third-order valence-electron chi connectivity index (χ3n) is 4.86. The number of hydrogen-bond acceptors (Lipinski definition) is 1. The number of rotatable bonds is 4. The summed E-state index contributed by atoms with van der Waals surface area (Å²) in [5.41, 5.74) is 3.66. The standard InChI is InChI=1S/C26H19NS/c1-3-11-20(12-4-1)19-26(28-21-13-5-2-6-14-21)27-24-17-9-7-15-22(24)23-16-8-10-18-25(23)27/h1-19H. The molecule has 5 rings (SSSR count). The number of thioether (sulfide) groups is 1. The van der Waals surface area contributed by atoms with Crippen LogP contribution in [0.2, 0.25) is 0 Å². The predicted molar refractivity (Wildman–Crippen MR) is 122 cm³/mol. The topological polar surface area (TPSA) is 4.93 Å². The largest absolute Gasteiger partial charge is 0.303 e. The Morgan fingerprint density at radius 2 is 1.07 bits per heavy atom. The van der Waals surface area contributed by atoms with E-state index < -0.39 is 0 Å². The zero-order chi connectivity index (χ0) is 18.8. The van der Waals surface area contributed by atoms with Gasteiger partial charge >= 0.3 is 0 Å². The molecule has 0 aliphatic rings. The van der Waals surface area contributed by atoms with Gasteiger partial charge < -0.3 is 4.57 Å². The molecule has 1 heterocycles.